The van der Waals surface area contributed by atoms with Crippen LogP contribution in [0, 0.1) is 0 Å². The van der Waals surface area contributed by atoms with Gasteiger partial charge in [0.05, 0.1) is 5.03 Å². The minimum Gasteiger partial charge on any atom is -0.513 e. The molecule has 3 heteroatoms. The molecule has 0 rings (SSSR count). The van der Waals surface area contributed by atoms with Gasteiger partial charge in [-0.15, -0.1) is 12.6 Å². The lowest BCUT2D eigenvalue weighted by Crippen LogP contribution is -1.84. The highest BCUT2D eigenvalue weighted by atomic mass is 32.1. The van der Waals surface area contributed by atoms with Crippen molar-refractivity contribution >= 4 is 12.6 Å². The van der Waals surface area contributed by atoms with Crippen molar-refractivity contribution in [1.29, 1.82) is 0 Å². The standard InChI is InChI=1S/C2H5NOS/c3-2(5)1-4/h1,4-5H,3H2/b2-1-. The molecule has 0 radical (unpaired) electrons. The van der Waals surface area contributed by atoms with Crippen LogP contribution < -0.4 is 5.73 Å². The topological polar surface area (TPSA) is 46.2 Å². The Morgan fingerprint density at radius 1 is 2.00 bits per heavy atom. The first-order valence-corrected chi connectivity index (χ1v) is 1.51. The Kier molecular flexibility index (Phi) is 1.84. The Morgan fingerprint density at radius 3 is 2.20 bits per heavy atom. The van der Waals surface area contributed by atoms with Gasteiger partial charge in [-0.3, -0.25) is 0 Å². The van der Waals surface area contributed by atoms with Crippen LogP contribution in [0.5, 0.6) is 0 Å². The van der Waals surface area contributed by atoms with Gasteiger partial charge in [-0.1, -0.05) is 0 Å². The summed E-state index contributed by atoms with van der Waals surface area (Å²) in [5, 5.41) is 7.91. The van der Waals surface area contributed by atoms with Gasteiger partial charge in [0.1, 0.15) is 6.26 Å². The van der Waals surface area contributed by atoms with E-state index in [1.807, 2.05) is 0 Å². The highest BCUT2D eigenvalue weighted by Crippen LogP contribution is 1.80. The molecule has 30 valence electrons. The van der Waals surface area contributed by atoms with Gasteiger partial charge in [0.15, 0.2) is 0 Å². The summed E-state index contributed by atoms with van der Waals surface area (Å²) in [5.74, 6) is 0. The van der Waals surface area contributed by atoms with Crippen LogP contribution in [0.2, 0.25) is 0 Å². The van der Waals surface area contributed by atoms with Crippen molar-refractivity contribution in [2.24, 2.45) is 5.73 Å². The van der Waals surface area contributed by atoms with Gasteiger partial charge < -0.3 is 10.8 Å². The fraction of sp³-hybridized carbons (Fsp3) is 0. The SMILES string of the molecule is N/C(S)=C/O. The lowest BCUT2D eigenvalue weighted by Gasteiger charge is -1.74. The first-order valence-electron chi connectivity index (χ1n) is 1.06. The van der Waals surface area contributed by atoms with Crippen LogP contribution in [-0.4, -0.2) is 5.11 Å². The van der Waals surface area contributed by atoms with E-state index in [4.69, 9.17) is 10.8 Å². The normalized spacial score (nSPS) is 11.8. The Bertz CT molecular complexity index is 47.6. The van der Waals surface area contributed by atoms with E-state index in [1.54, 1.807) is 0 Å². The van der Waals surface area contributed by atoms with E-state index in [9.17, 15) is 0 Å². The van der Waals surface area contributed by atoms with E-state index in [-0.39, 0.29) is 5.03 Å². The average Bonchev–Trinajstić information content (AvgIpc) is 1.38. The molecule has 5 heavy (non-hydrogen) atoms. The largest absolute Gasteiger partial charge is 0.513 e. The maximum absolute atomic E-state index is 7.78. The summed E-state index contributed by atoms with van der Waals surface area (Å²) in [7, 11) is 0. The summed E-state index contributed by atoms with van der Waals surface area (Å²) >= 11 is 3.49. The summed E-state index contributed by atoms with van der Waals surface area (Å²) in [6.45, 7) is 0. The highest BCUT2D eigenvalue weighted by molar-refractivity contribution is 7.84. The summed E-state index contributed by atoms with van der Waals surface area (Å²) < 4.78 is 0. The molecule has 2 nitrogen and oxygen atoms in total. The van der Waals surface area contributed by atoms with Crippen molar-refractivity contribution in [3.05, 3.63) is 11.3 Å². The quantitative estimate of drug-likeness (QED) is 0.295. The molecule has 0 spiro atoms. The van der Waals surface area contributed by atoms with E-state index in [0.717, 1.165) is 6.26 Å². The molecule has 0 amide bonds. The van der Waals surface area contributed by atoms with E-state index in [0.29, 0.717) is 0 Å². The van der Waals surface area contributed by atoms with Crippen LogP contribution in [0.1, 0.15) is 0 Å². The molecule has 0 heterocycles. The first kappa shape index (κ1) is 4.69. The molecule has 0 bridgehead atoms. The summed E-state index contributed by atoms with van der Waals surface area (Å²) in [5.41, 5.74) is 4.77. The van der Waals surface area contributed by atoms with Gasteiger partial charge in [-0.05, 0) is 0 Å². The minimum absolute atomic E-state index is 0.130. The lowest BCUT2D eigenvalue weighted by molar-refractivity contribution is 0.470. The maximum atomic E-state index is 7.78. The first-order chi connectivity index (χ1) is 2.27. The predicted octanol–water partition coefficient (Wildman–Crippen LogP) is 0.232. The summed E-state index contributed by atoms with van der Waals surface area (Å²) in [6.07, 6.45) is 0.725. The molecule has 0 saturated heterocycles. The maximum Gasteiger partial charge on any atom is 0.108 e. The number of aliphatic hydroxyl groups excluding tert-OH is 1. The van der Waals surface area contributed by atoms with E-state index in [1.165, 1.54) is 0 Å². The zero-order chi connectivity index (χ0) is 4.28. The fourth-order valence-corrected chi connectivity index (χ4v) is 0. The monoisotopic (exact) mass is 91.0 g/mol. The lowest BCUT2D eigenvalue weighted by atomic mass is 11.0. The Labute approximate surface area is 35.7 Å². The van der Waals surface area contributed by atoms with Gasteiger partial charge in [0.2, 0.25) is 0 Å². The second-order valence-corrected chi connectivity index (χ2v) is 1.07. The summed E-state index contributed by atoms with van der Waals surface area (Å²) in [6, 6.07) is 0. The second kappa shape index (κ2) is 1.96. The molecule has 0 aromatic heterocycles. The van der Waals surface area contributed by atoms with Crippen LogP contribution in [0.4, 0.5) is 0 Å². The van der Waals surface area contributed by atoms with Gasteiger partial charge in [0.25, 0.3) is 0 Å². The fourth-order valence-electron chi connectivity index (χ4n) is 0. The van der Waals surface area contributed by atoms with Crippen LogP contribution in [0.3, 0.4) is 0 Å². The molecule has 0 aliphatic carbocycles. The average molecular weight is 91.1 g/mol. The number of thiol groups is 1. The molecular weight excluding hydrogens is 86.1 g/mol. The van der Waals surface area contributed by atoms with E-state index >= 15 is 0 Å². The third-order valence-electron chi connectivity index (χ3n) is 0.132. The molecule has 0 saturated carbocycles. The number of hydrogen-bond acceptors (Lipinski definition) is 3. The number of nitrogens with two attached hydrogens (primary N) is 1. The van der Waals surface area contributed by atoms with Gasteiger partial charge in [0, 0.05) is 0 Å². The van der Waals surface area contributed by atoms with Crippen molar-refractivity contribution in [1.82, 2.24) is 0 Å². The smallest absolute Gasteiger partial charge is 0.108 e. The predicted molar refractivity (Wildman–Crippen MR) is 23.9 cm³/mol. The Morgan fingerprint density at radius 2 is 2.20 bits per heavy atom. The molecular formula is C2H5NOS. The third-order valence-corrected chi connectivity index (χ3v) is 0.248. The zero-order valence-corrected chi connectivity index (χ0v) is 3.44. The van der Waals surface area contributed by atoms with Gasteiger partial charge in [-0.25, -0.2) is 0 Å². The minimum atomic E-state index is 0.130. The molecule has 0 aromatic rings. The van der Waals surface area contributed by atoms with Gasteiger partial charge >= 0.3 is 0 Å². The van der Waals surface area contributed by atoms with Gasteiger partial charge in [-0.2, -0.15) is 0 Å². The van der Waals surface area contributed by atoms with Crippen LogP contribution in [0.25, 0.3) is 0 Å². The van der Waals surface area contributed by atoms with Crippen molar-refractivity contribution < 1.29 is 5.11 Å². The Balaban J connectivity index is 3.14. The molecule has 0 aromatic carbocycles. The molecule has 3 N–H and O–H groups in total. The molecule has 0 fully saturated rings. The number of aliphatic hydroxyl groups is 1. The van der Waals surface area contributed by atoms with E-state index < -0.39 is 0 Å². The van der Waals surface area contributed by atoms with E-state index in [2.05, 4.69) is 12.6 Å². The van der Waals surface area contributed by atoms with Crippen LogP contribution >= 0.6 is 12.6 Å². The van der Waals surface area contributed by atoms with Crippen LogP contribution in [0.15, 0.2) is 11.3 Å². The third kappa shape index (κ3) is 3.69. The van der Waals surface area contributed by atoms with Crippen molar-refractivity contribution in [3.8, 4) is 0 Å². The molecule has 0 aliphatic heterocycles. The molecule has 0 atom stereocenters. The Hall–Kier alpha value is -0.310. The molecule has 0 unspecified atom stereocenters. The second-order valence-electron chi connectivity index (χ2n) is 0.554. The number of rotatable bonds is 0. The van der Waals surface area contributed by atoms with Crippen molar-refractivity contribution in [2.45, 2.75) is 0 Å². The number of hydrogen-bond donors (Lipinski definition) is 3. The van der Waals surface area contributed by atoms with Crippen molar-refractivity contribution in [2.75, 3.05) is 0 Å². The molecule has 0 aliphatic rings. The highest BCUT2D eigenvalue weighted by Gasteiger charge is 1.63. The zero-order valence-electron chi connectivity index (χ0n) is 2.55. The van der Waals surface area contributed by atoms with Crippen molar-refractivity contribution in [3.63, 3.8) is 0 Å². The van der Waals surface area contributed by atoms with Crippen LogP contribution in [-0.2, 0) is 0 Å². The summed E-state index contributed by atoms with van der Waals surface area (Å²) in [4.78, 5) is 0.